The van der Waals surface area contributed by atoms with Crippen LogP contribution in [0.3, 0.4) is 0 Å². The number of anilines is 1. The molecule has 0 atom stereocenters. The van der Waals surface area contributed by atoms with Crippen LogP contribution in [0, 0.1) is 11.6 Å². The van der Waals surface area contributed by atoms with Gasteiger partial charge in [-0.15, -0.1) is 5.10 Å². The molecule has 198 valence electrons. The molecule has 2 aromatic carbocycles. The largest absolute Gasteiger partial charge is 0.534 e. The Labute approximate surface area is 207 Å². The van der Waals surface area contributed by atoms with E-state index in [1.807, 2.05) is 0 Å². The lowest BCUT2D eigenvalue weighted by atomic mass is 10.1. The molecule has 1 heterocycles. The second-order valence-corrected chi connectivity index (χ2v) is 9.73. The number of ether oxygens (including phenoxy) is 2. The number of hydrogen-bond acceptors (Lipinski definition) is 8. The molecule has 0 spiro atoms. The van der Waals surface area contributed by atoms with E-state index in [0.717, 1.165) is 36.5 Å². The molecule has 0 saturated carbocycles. The average Bonchev–Trinajstić information content (AvgIpc) is 2.76. The van der Waals surface area contributed by atoms with Crippen molar-refractivity contribution in [3.05, 3.63) is 60.3 Å². The summed E-state index contributed by atoms with van der Waals surface area (Å²) in [6, 6.07) is 7.81. The second-order valence-electron chi connectivity index (χ2n) is 8.20. The monoisotopic (exact) mass is 547 g/mol. The van der Waals surface area contributed by atoms with Gasteiger partial charge in [-0.25, -0.2) is 13.6 Å². The molecule has 3 aromatic rings. The van der Waals surface area contributed by atoms with Crippen LogP contribution in [-0.2, 0) is 14.9 Å². The van der Waals surface area contributed by atoms with Crippen molar-refractivity contribution in [2.75, 3.05) is 5.32 Å². The number of rotatable bonds is 6. The van der Waals surface area contributed by atoms with E-state index in [4.69, 9.17) is 9.47 Å². The number of amides is 1. The van der Waals surface area contributed by atoms with Crippen molar-refractivity contribution in [1.29, 1.82) is 0 Å². The van der Waals surface area contributed by atoms with Gasteiger partial charge in [-0.3, -0.25) is 5.32 Å². The minimum atomic E-state index is -6.18. The van der Waals surface area contributed by atoms with Crippen LogP contribution in [-0.4, -0.2) is 35.8 Å². The summed E-state index contributed by atoms with van der Waals surface area (Å²) < 4.78 is 106. The number of carbonyl (C=O) groups is 1. The molecule has 0 saturated heterocycles. The van der Waals surface area contributed by atoms with Gasteiger partial charge in [-0.2, -0.15) is 26.7 Å². The lowest BCUT2D eigenvalue weighted by molar-refractivity contribution is -0.0501. The van der Waals surface area contributed by atoms with E-state index in [0.29, 0.717) is 0 Å². The smallest absolute Gasteiger partial charge is 0.450 e. The Morgan fingerprint density at radius 2 is 1.65 bits per heavy atom. The molecule has 3 rings (SSSR count). The van der Waals surface area contributed by atoms with E-state index >= 15 is 4.39 Å². The van der Waals surface area contributed by atoms with Crippen molar-refractivity contribution in [2.45, 2.75) is 31.9 Å². The summed E-state index contributed by atoms with van der Waals surface area (Å²) in [5.74, 6) is -4.69. The maximum atomic E-state index is 15.6. The number of carbonyl (C=O) groups excluding carboxylic acids is 1. The highest BCUT2D eigenvalue weighted by atomic mass is 32.2. The van der Waals surface area contributed by atoms with Crippen LogP contribution in [0.2, 0.25) is 0 Å². The first-order valence-corrected chi connectivity index (χ1v) is 11.6. The van der Waals surface area contributed by atoms with Gasteiger partial charge in [0.1, 0.15) is 5.60 Å². The van der Waals surface area contributed by atoms with Crippen LogP contribution >= 0.6 is 0 Å². The molecule has 0 aliphatic rings. The number of halogens is 5. The van der Waals surface area contributed by atoms with E-state index in [1.165, 1.54) is 12.1 Å². The fourth-order valence-electron chi connectivity index (χ4n) is 2.75. The number of nitrogens with zero attached hydrogens (tertiary/aromatic N) is 2. The minimum absolute atomic E-state index is 0.405. The maximum absolute atomic E-state index is 15.6. The summed E-state index contributed by atoms with van der Waals surface area (Å²) in [4.78, 5) is 12.2. The Kier molecular flexibility index (Phi) is 7.57. The Morgan fingerprint density at radius 1 is 0.973 bits per heavy atom. The van der Waals surface area contributed by atoms with Gasteiger partial charge in [0, 0.05) is 5.56 Å². The summed E-state index contributed by atoms with van der Waals surface area (Å²) in [6.45, 7) is 4.68. The normalized spacial score (nSPS) is 12.1. The van der Waals surface area contributed by atoms with Crippen molar-refractivity contribution in [2.24, 2.45) is 0 Å². The third-order valence-corrected chi connectivity index (χ3v) is 5.17. The van der Waals surface area contributed by atoms with Crippen molar-refractivity contribution >= 4 is 21.9 Å². The Hall–Kier alpha value is -4.01. The molecule has 0 bridgehead atoms. The SMILES string of the molecule is CC(C)(C)OC(=O)Nc1ccc(-c2ccnnc2OS(=O)(=O)C(F)(F)F)c(Oc2ccccc2F)c1F. The molecule has 1 N–H and O–H groups in total. The van der Waals surface area contributed by atoms with Gasteiger partial charge in [0.2, 0.25) is 0 Å². The van der Waals surface area contributed by atoms with Gasteiger partial charge in [0.25, 0.3) is 5.88 Å². The van der Waals surface area contributed by atoms with Crippen LogP contribution < -0.4 is 14.2 Å². The summed E-state index contributed by atoms with van der Waals surface area (Å²) in [7, 11) is -6.18. The lowest BCUT2D eigenvalue weighted by Crippen LogP contribution is -2.28. The Balaban J connectivity index is 2.16. The number of hydrogen-bond donors (Lipinski definition) is 1. The molecule has 9 nitrogen and oxygen atoms in total. The van der Waals surface area contributed by atoms with Crippen LogP contribution in [0.25, 0.3) is 11.1 Å². The highest BCUT2D eigenvalue weighted by Crippen LogP contribution is 2.43. The number of para-hydroxylation sites is 1. The van der Waals surface area contributed by atoms with Crippen LogP contribution in [0.15, 0.2) is 48.7 Å². The first-order valence-electron chi connectivity index (χ1n) is 10.2. The molecule has 0 radical (unpaired) electrons. The van der Waals surface area contributed by atoms with Crippen molar-refractivity contribution in [3.8, 4) is 28.5 Å². The van der Waals surface area contributed by atoms with Crippen molar-refractivity contribution < 1.29 is 48.8 Å². The van der Waals surface area contributed by atoms with E-state index in [-0.39, 0.29) is 0 Å². The molecule has 0 aliphatic heterocycles. The molecule has 1 amide bonds. The average molecular weight is 547 g/mol. The third kappa shape index (κ3) is 6.61. The zero-order valence-electron chi connectivity index (χ0n) is 19.3. The zero-order chi connectivity index (χ0) is 27.6. The number of aromatic nitrogens is 2. The molecule has 1 aromatic heterocycles. The topological polar surface area (TPSA) is 117 Å². The first-order chi connectivity index (χ1) is 17.1. The van der Waals surface area contributed by atoms with E-state index in [2.05, 4.69) is 19.7 Å². The standard InChI is InChI=1S/C22H18F5N3O6S/c1-21(2,3)35-20(31)29-15-9-8-12(18(17(15)24)34-16-7-5-4-6-14(16)23)13-10-11-28-30-19(13)36-37(32,33)22(25,26)27/h4-11H,1-3H3,(H,29,31). The van der Waals surface area contributed by atoms with Gasteiger partial charge >= 0.3 is 21.7 Å². The molecule has 0 unspecified atom stereocenters. The molecule has 15 heteroatoms. The second kappa shape index (κ2) is 10.2. The Morgan fingerprint density at radius 3 is 2.27 bits per heavy atom. The fraction of sp³-hybridized carbons (Fsp3) is 0.227. The molecule has 37 heavy (non-hydrogen) atoms. The van der Waals surface area contributed by atoms with E-state index in [1.54, 1.807) is 20.8 Å². The third-order valence-electron chi connectivity index (χ3n) is 4.23. The summed E-state index contributed by atoms with van der Waals surface area (Å²) >= 11 is 0. The molecular formula is C22H18F5N3O6S. The predicted octanol–water partition coefficient (Wildman–Crippen LogP) is 5.79. The maximum Gasteiger partial charge on any atom is 0.534 e. The van der Waals surface area contributed by atoms with E-state index < -0.39 is 73.1 Å². The number of nitrogens with one attached hydrogen (secondary N) is 1. The quantitative estimate of drug-likeness (QED) is 0.234. The van der Waals surface area contributed by atoms with Gasteiger partial charge < -0.3 is 13.7 Å². The summed E-state index contributed by atoms with van der Waals surface area (Å²) in [5, 5.41) is 8.72. The van der Waals surface area contributed by atoms with Crippen molar-refractivity contribution in [3.63, 3.8) is 0 Å². The lowest BCUT2D eigenvalue weighted by Gasteiger charge is -2.21. The van der Waals surface area contributed by atoms with Crippen LogP contribution in [0.4, 0.5) is 32.4 Å². The Bertz CT molecular complexity index is 1430. The predicted molar refractivity (Wildman–Crippen MR) is 119 cm³/mol. The minimum Gasteiger partial charge on any atom is -0.450 e. The van der Waals surface area contributed by atoms with Crippen LogP contribution in [0.5, 0.6) is 17.4 Å². The van der Waals surface area contributed by atoms with E-state index in [9.17, 15) is 30.8 Å². The van der Waals surface area contributed by atoms with Crippen LogP contribution in [0.1, 0.15) is 20.8 Å². The molecule has 0 aliphatic carbocycles. The van der Waals surface area contributed by atoms with Gasteiger partial charge in [0.05, 0.1) is 17.4 Å². The highest BCUT2D eigenvalue weighted by Gasteiger charge is 2.49. The first kappa shape index (κ1) is 27.6. The zero-order valence-corrected chi connectivity index (χ0v) is 20.1. The highest BCUT2D eigenvalue weighted by molar-refractivity contribution is 7.88. The summed E-state index contributed by atoms with van der Waals surface area (Å²) in [6.07, 6.45) is -0.0955. The number of benzene rings is 2. The van der Waals surface area contributed by atoms with Gasteiger partial charge in [-0.1, -0.05) is 12.1 Å². The van der Waals surface area contributed by atoms with Crippen molar-refractivity contribution in [1.82, 2.24) is 10.2 Å². The summed E-state index contributed by atoms with van der Waals surface area (Å²) in [5.41, 5.74) is -8.15. The number of alkyl halides is 3. The van der Waals surface area contributed by atoms with Gasteiger partial charge in [-0.05, 0) is 51.1 Å². The van der Waals surface area contributed by atoms with Gasteiger partial charge in [0.15, 0.2) is 23.1 Å². The molecule has 0 fully saturated rings. The molecular weight excluding hydrogens is 529 g/mol. The fourth-order valence-corrected chi connectivity index (χ4v) is 3.18.